The first-order valence-corrected chi connectivity index (χ1v) is 9.39. The van der Waals surface area contributed by atoms with Crippen LogP contribution in [-0.2, 0) is 9.53 Å². The molecular formula is C21H25NO6. The van der Waals surface area contributed by atoms with Crippen LogP contribution in [0.1, 0.15) is 37.8 Å². The highest BCUT2D eigenvalue weighted by Gasteiger charge is 2.38. The minimum Gasteiger partial charge on any atom is -0.493 e. The molecule has 1 aliphatic rings. The Labute approximate surface area is 163 Å². The van der Waals surface area contributed by atoms with Crippen LogP contribution in [0.5, 0.6) is 11.5 Å². The van der Waals surface area contributed by atoms with Crippen LogP contribution < -0.4 is 14.9 Å². The number of carboxylic acid groups (broad SMARTS) is 1. The summed E-state index contributed by atoms with van der Waals surface area (Å²) in [5.74, 6) is -0.719. The van der Waals surface area contributed by atoms with Gasteiger partial charge in [0, 0.05) is 30.5 Å². The van der Waals surface area contributed by atoms with E-state index in [1.54, 1.807) is 18.3 Å². The number of rotatable bonds is 8. The van der Waals surface area contributed by atoms with E-state index in [9.17, 15) is 14.7 Å². The summed E-state index contributed by atoms with van der Waals surface area (Å²) in [5.41, 5.74) is 1.85. The Morgan fingerprint density at radius 2 is 1.96 bits per heavy atom. The van der Waals surface area contributed by atoms with E-state index in [0.29, 0.717) is 54.6 Å². The Kier molecular flexibility index (Phi) is 6.04. The van der Waals surface area contributed by atoms with Crippen molar-refractivity contribution in [3.8, 4) is 22.8 Å². The minimum absolute atomic E-state index is 0.128. The highest BCUT2D eigenvalue weighted by molar-refractivity contribution is 5.84. The summed E-state index contributed by atoms with van der Waals surface area (Å²) in [6.07, 6.45) is 2.28. The number of nitrogens with zero attached hydrogens (tertiary/aromatic N) is 1. The molecule has 1 aliphatic heterocycles. The highest BCUT2D eigenvalue weighted by Crippen LogP contribution is 2.47. The van der Waals surface area contributed by atoms with Gasteiger partial charge < -0.3 is 23.9 Å². The summed E-state index contributed by atoms with van der Waals surface area (Å²) < 4.78 is 18.4. The fourth-order valence-electron chi connectivity index (χ4n) is 3.78. The molecule has 0 bridgehead atoms. The number of aliphatic carboxylic acids is 1. The molecule has 1 aromatic carbocycles. The third-order valence-electron chi connectivity index (χ3n) is 5.02. The van der Waals surface area contributed by atoms with Crippen molar-refractivity contribution in [2.24, 2.45) is 0 Å². The lowest BCUT2D eigenvalue weighted by Gasteiger charge is -2.35. The largest absolute Gasteiger partial charge is 0.493 e. The molecular weight excluding hydrogens is 362 g/mol. The Bertz CT molecular complexity index is 920. The van der Waals surface area contributed by atoms with Gasteiger partial charge in [0.15, 0.2) is 16.9 Å². The van der Waals surface area contributed by atoms with Crippen molar-refractivity contribution in [2.75, 3.05) is 26.9 Å². The molecule has 2 aromatic rings. The molecule has 3 rings (SSSR count). The number of pyridine rings is 1. The number of hydrogen-bond donors (Lipinski definition) is 1. The maximum Gasteiger partial charge on any atom is 0.313 e. The Hall–Kier alpha value is -2.80. The zero-order valence-corrected chi connectivity index (χ0v) is 16.3. The van der Waals surface area contributed by atoms with Crippen molar-refractivity contribution < 1.29 is 24.1 Å². The second kappa shape index (κ2) is 8.48. The van der Waals surface area contributed by atoms with Crippen molar-refractivity contribution >= 4 is 5.97 Å². The molecule has 0 fully saturated rings. The van der Waals surface area contributed by atoms with E-state index in [1.807, 2.05) is 18.4 Å². The lowest BCUT2D eigenvalue weighted by atomic mass is 9.81. The molecule has 0 spiro atoms. The fraction of sp³-hybridized carbons (Fsp3) is 0.429. The molecule has 1 aromatic heterocycles. The maximum absolute atomic E-state index is 12.2. The summed E-state index contributed by atoms with van der Waals surface area (Å²) >= 11 is 0. The molecule has 2 heterocycles. The Morgan fingerprint density at radius 1 is 1.18 bits per heavy atom. The summed E-state index contributed by atoms with van der Waals surface area (Å²) in [4.78, 5) is 24.1. The van der Waals surface area contributed by atoms with E-state index in [1.165, 1.54) is 19.2 Å². The molecule has 28 heavy (non-hydrogen) atoms. The monoisotopic (exact) mass is 387 g/mol. The fourth-order valence-corrected chi connectivity index (χ4v) is 3.78. The number of carbonyl (C=O) groups is 1. The average molecular weight is 387 g/mol. The normalized spacial score (nSPS) is 17.5. The first kappa shape index (κ1) is 19.9. The molecule has 0 saturated heterocycles. The van der Waals surface area contributed by atoms with E-state index in [4.69, 9.17) is 14.2 Å². The van der Waals surface area contributed by atoms with Gasteiger partial charge in [-0.3, -0.25) is 9.59 Å². The predicted octanol–water partition coefficient (Wildman–Crippen LogP) is 3.07. The number of fused-ring (bicyclic) bond motifs is 3. The summed E-state index contributed by atoms with van der Waals surface area (Å²) in [7, 11) is 1.53. The van der Waals surface area contributed by atoms with E-state index in [0.717, 1.165) is 0 Å². The van der Waals surface area contributed by atoms with Gasteiger partial charge in [-0.15, -0.1) is 0 Å². The van der Waals surface area contributed by atoms with Crippen LogP contribution >= 0.6 is 0 Å². The predicted molar refractivity (Wildman–Crippen MR) is 104 cm³/mol. The lowest BCUT2D eigenvalue weighted by molar-refractivity contribution is -0.140. The van der Waals surface area contributed by atoms with Gasteiger partial charge in [-0.1, -0.05) is 6.92 Å². The number of aromatic nitrogens is 1. The van der Waals surface area contributed by atoms with Gasteiger partial charge in [0.2, 0.25) is 0 Å². The summed E-state index contributed by atoms with van der Waals surface area (Å²) in [5, 5.41) is 9.96. The van der Waals surface area contributed by atoms with E-state index < -0.39 is 11.9 Å². The molecule has 7 heteroatoms. The van der Waals surface area contributed by atoms with Gasteiger partial charge in [0.25, 0.3) is 0 Å². The molecule has 1 N–H and O–H groups in total. The first-order chi connectivity index (χ1) is 13.5. The van der Waals surface area contributed by atoms with Crippen molar-refractivity contribution in [2.45, 2.75) is 32.2 Å². The van der Waals surface area contributed by atoms with Gasteiger partial charge in [0.05, 0.1) is 25.5 Å². The van der Waals surface area contributed by atoms with Crippen molar-refractivity contribution in [1.29, 1.82) is 0 Å². The zero-order valence-electron chi connectivity index (χ0n) is 16.3. The molecule has 2 unspecified atom stereocenters. The number of ether oxygens (including phenoxy) is 3. The highest BCUT2D eigenvalue weighted by atomic mass is 16.5. The summed E-state index contributed by atoms with van der Waals surface area (Å²) in [6, 6.07) is 6.17. The second-order valence-corrected chi connectivity index (χ2v) is 6.58. The number of methoxy groups -OCH3 is 1. The van der Waals surface area contributed by atoms with Crippen LogP contribution in [-0.4, -0.2) is 42.6 Å². The minimum atomic E-state index is -0.914. The maximum atomic E-state index is 12.2. The van der Waals surface area contributed by atoms with E-state index in [2.05, 4.69) is 0 Å². The SMILES string of the molecule is CCOCCOc1cc2c(cc1OC)-c1cc(=O)ccn1C(CC)C2C(=O)O. The average Bonchev–Trinajstić information content (AvgIpc) is 2.69. The topological polar surface area (TPSA) is 87.0 Å². The Balaban J connectivity index is 2.15. The van der Waals surface area contributed by atoms with Gasteiger partial charge in [-0.05, 0) is 31.0 Å². The molecule has 0 aliphatic carbocycles. The quantitative estimate of drug-likeness (QED) is 0.701. The smallest absolute Gasteiger partial charge is 0.313 e. The molecule has 2 atom stereocenters. The number of hydrogen-bond acceptors (Lipinski definition) is 5. The zero-order chi connectivity index (χ0) is 20.3. The molecule has 150 valence electrons. The van der Waals surface area contributed by atoms with Crippen LogP contribution in [0.15, 0.2) is 35.3 Å². The summed E-state index contributed by atoms with van der Waals surface area (Å²) in [6.45, 7) is 5.19. The first-order valence-electron chi connectivity index (χ1n) is 9.39. The number of benzene rings is 1. The van der Waals surface area contributed by atoms with Crippen molar-refractivity contribution in [1.82, 2.24) is 4.57 Å². The lowest BCUT2D eigenvalue weighted by Crippen LogP contribution is -2.30. The van der Waals surface area contributed by atoms with Crippen molar-refractivity contribution in [3.05, 3.63) is 46.2 Å². The van der Waals surface area contributed by atoms with E-state index >= 15 is 0 Å². The second-order valence-electron chi connectivity index (χ2n) is 6.58. The van der Waals surface area contributed by atoms with Gasteiger partial charge >= 0.3 is 5.97 Å². The van der Waals surface area contributed by atoms with Gasteiger partial charge in [-0.25, -0.2) is 0 Å². The third kappa shape index (κ3) is 3.62. The third-order valence-corrected chi connectivity index (χ3v) is 5.02. The Morgan fingerprint density at radius 3 is 2.61 bits per heavy atom. The molecule has 0 amide bonds. The van der Waals surface area contributed by atoms with Crippen LogP contribution in [0.4, 0.5) is 0 Å². The molecule has 0 radical (unpaired) electrons. The van der Waals surface area contributed by atoms with Crippen LogP contribution in [0.3, 0.4) is 0 Å². The standard InChI is InChI=1S/C21H25NO6/c1-4-16-20(21(24)25)15-12-19(28-9-8-27-5-2)18(26-3)11-14(15)17-10-13(23)6-7-22(16)17/h6-7,10-12,16,20H,4-5,8-9H2,1-3H3,(H,24,25). The van der Waals surface area contributed by atoms with Gasteiger partial charge in [0.1, 0.15) is 12.5 Å². The van der Waals surface area contributed by atoms with Gasteiger partial charge in [-0.2, -0.15) is 0 Å². The van der Waals surface area contributed by atoms with Crippen LogP contribution in [0, 0.1) is 0 Å². The van der Waals surface area contributed by atoms with E-state index in [-0.39, 0.29) is 11.5 Å². The molecule has 7 nitrogen and oxygen atoms in total. The van der Waals surface area contributed by atoms with Crippen LogP contribution in [0.25, 0.3) is 11.3 Å². The van der Waals surface area contributed by atoms with Crippen LogP contribution in [0.2, 0.25) is 0 Å². The van der Waals surface area contributed by atoms with Crippen molar-refractivity contribution in [3.63, 3.8) is 0 Å². The number of carboxylic acids is 1. The molecule has 0 saturated carbocycles.